The van der Waals surface area contributed by atoms with Gasteiger partial charge in [0.2, 0.25) is 0 Å². The molecule has 1 aromatic carbocycles. The first-order chi connectivity index (χ1) is 8.90. The second kappa shape index (κ2) is 6.09. The number of rotatable bonds is 5. The Balaban J connectivity index is 3.18. The molecule has 0 aliphatic rings. The monoisotopic (exact) mass is 269 g/mol. The number of nitro benzene ring substituents is 1. The lowest BCUT2D eigenvalue weighted by molar-refractivity contribution is -0.385. The van der Waals surface area contributed by atoms with Crippen molar-refractivity contribution in [1.82, 2.24) is 0 Å². The SMILES string of the molecule is CCN(CC(C)C#N)c1c(F)cc([N+](=O)[O-])cc1F. The molecule has 0 fully saturated rings. The van der Waals surface area contributed by atoms with E-state index in [0.717, 1.165) is 0 Å². The first kappa shape index (κ1) is 14.8. The quantitative estimate of drug-likeness (QED) is 0.608. The summed E-state index contributed by atoms with van der Waals surface area (Å²) < 4.78 is 27.6. The van der Waals surface area contributed by atoms with Crippen LogP contribution in [-0.2, 0) is 0 Å². The van der Waals surface area contributed by atoms with Gasteiger partial charge in [-0.1, -0.05) is 0 Å². The van der Waals surface area contributed by atoms with Crippen LogP contribution in [-0.4, -0.2) is 18.0 Å². The van der Waals surface area contributed by atoms with Crippen LogP contribution in [0.5, 0.6) is 0 Å². The maximum Gasteiger partial charge on any atom is 0.275 e. The van der Waals surface area contributed by atoms with Gasteiger partial charge in [-0.2, -0.15) is 5.26 Å². The molecule has 102 valence electrons. The third kappa shape index (κ3) is 3.37. The summed E-state index contributed by atoms with van der Waals surface area (Å²) >= 11 is 0. The Bertz CT molecular complexity index is 505. The summed E-state index contributed by atoms with van der Waals surface area (Å²) in [6.07, 6.45) is 0. The third-order valence-corrected chi connectivity index (χ3v) is 2.63. The zero-order valence-corrected chi connectivity index (χ0v) is 10.6. The smallest absolute Gasteiger partial charge is 0.275 e. The van der Waals surface area contributed by atoms with Gasteiger partial charge in [-0.05, 0) is 13.8 Å². The first-order valence-corrected chi connectivity index (χ1v) is 5.68. The van der Waals surface area contributed by atoms with Crippen molar-refractivity contribution in [2.45, 2.75) is 13.8 Å². The van der Waals surface area contributed by atoms with Gasteiger partial charge in [0, 0.05) is 13.1 Å². The number of anilines is 1. The summed E-state index contributed by atoms with van der Waals surface area (Å²) in [6.45, 7) is 3.75. The maximum atomic E-state index is 13.8. The molecule has 0 spiro atoms. The van der Waals surface area contributed by atoms with Crippen molar-refractivity contribution in [3.63, 3.8) is 0 Å². The molecular weight excluding hydrogens is 256 g/mol. The molecule has 1 aromatic rings. The van der Waals surface area contributed by atoms with Crippen LogP contribution in [0.1, 0.15) is 13.8 Å². The van der Waals surface area contributed by atoms with Gasteiger partial charge in [-0.25, -0.2) is 8.78 Å². The molecule has 0 radical (unpaired) electrons. The minimum Gasteiger partial charge on any atom is -0.366 e. The molecule has 1 atom stereocenters. The molecule has 0 N–H and O–H groups in total. The summed E-state index contributed by atoms with van der Waals surface area (Å²) in [6, 6.07) is 3.33. The molecule has 0 aromatic heterocycles. The second-order valence-corrected chi connectivity index (χ2v) is 4.08. The van der Waals surface area contributed by atoms with Gasteiger partial charge < -0.3 is 4.90 Å². The van der Waals surface area contributed by atoms with Gasteiger partial charge in [0.1, 0.15) is 5.69 Å². The Morgan fingerprint density at radius 2 is 2.00 bits per heavy atom. The zero-order chi connectivity index (χ0) is 14.6. The Hall–Kier alpha value is -2.23. The van der Waals surface area contributed by atoms with E-state index in [0.29, 0.717) is 12.1 Å². The van der Waals surface area contributed by atoms with E-state index in [4.69, 9.17) is 5.26 Å². The molecule has 0 bridgehead atoms. The summed E-state index contributed by atoms with van der Waals surface area (Å²) in [7, 11) is 0. The number of nitrogens with zero attached hydrogens (tertiary/aromatic N) is 3. The van der Waals surface area contributed by atoms with E-state index < -0.39 is 28.2 Å². The van der Waals surface area contributed by atoms with Gasteiger partial charge in [0.25, 0.3) is 5.69 Å². The van der Waals surface area contributed by atoms with Crippen LogP contribution < -0.4 is 4.90 Å². The highest BCUT2D eigenvalue weighted by Gasteiger charge is 2.22. The topological polar surface area (TPSA) is 70.2 Å². The molecule has 0 aliphatic heterocycles. The number of nitro groups is 1. The molecule has 0 saturated heterocycles. The molecular formula is C12H13F2N3O2. The van der Waals surface area contributed by atoms with Gasteiger partial charge in [0.05, 0.1) is 29.0 Å². The Morgan fingerprint density at radius 3 is 2.37 bits per heavy atom. The molecule has 0 saturated carbocycles. The van der Waals surface area contributed by atoms with Crippen LogP contribution >= 0.6 is 0 Å². The fourth-order valence-electron chi connectivity index (χ4n) is 1.71. The highest BCUT2D eigenvalue weighted by molar-refractivity contribution is 5.53. The molecule has 1 unspecified atom stereocenters. The Labute approximate surface area is 109 Å². The number of halogens is 2. The predicted molar refractivity (Wildman–Crippen MR) is 65.7 cm³/mol. The molecule has 1 rings (SSSR count). The average molecular weight is 269 g/mol. The van der Waals surface area contributed by atoms with Crippen molar-refractivity contribution in [2.75, 3.05) is 18.0 Å². The van der Waals surface area contributed by atoms with Crippen molar-refractivity contribution < 1.29 is 13.7 Å². The van der Waals surface area contributed by atoms with Crippen molar-refractivity contribution in [3.8, 4) is 6.07 Å². The van der Waals surface area contributed by atoms with Gasteiger partial charge in [-0.3, -0.25) is 10.1 Å². The standard InChI is InChI=1S/C12H13F2N3O2/c1-3-16(7-8(2)6-15)12-10(13)4-9(17(18)19)5-11(12)14/h4-5,8H,3,7H2,1-2H3. The second-order valence-electron chi connectivity index (χ2n) is 4.08. The molecule has 19 heavy (non-hydrogen) atoms. The van der Waals surface area contributed by atoms with Crippen LogP contribution in [0.25, 0.3) is 0 Å². The molecule has 5 nitrogen and oxygen atoms in total. The van der Waals surface area contributed by atoms with Crippen molar-refractivity contribution in [1.29, 1.82) is 5.26 Å². The van der Waals surface area contributed by atoms with E-state index in [-0.39, 0.29) is 18.8 Å². The number of benzene rings is 1. The number of hydrogen-bond acceptors (Lipinski definition) is 4. The number of nitriles is 1. The minimum absolute atomic E-state index is 0.151. The fourth-order valence-corrected chi connectivity index (χ4v) is 1.71. The summed E-state index contributed by atoms with van der Waals surface area (Å²) in [5.74, 6) is -2.41. The van der Waals surface area contributed by atoms with E-state index in [1.807, 2.05) is 6.07 Å². The van der Waals surface area contributed by atoms with E-state index in [1.165, 1.54) is 4.90 Å². The van der Waals surface area contributed by atoms with Crippen molar-refractivity contribution in [3.05, 3.63) is 33.9 Å². The van der Waals surface area contributed by atoms with Crippen LogP contribution in [0.2, 0.25) is 0 Å². The van der Waals surface area contributed by atoms with Gasteiger partial charge >= 0.3 is 0 Å². The zero-order valence-electron chi connectivity index (χ0n) is 10.6. The fraction of sp³-hybridized carbons (Fsp3) is 0.417. The summed E-state index contributed by atoms with van der Waals surface area (Å²) in [5, 5.41) is 19.2. The summed E-state index contributed by atoms with van der Waals surface area (Å²) in [5.41, 5.74) is -0.974. The lowest BCUT2D eigenvalue weighted by atomic mass is 10.1. The maximum absolute atomic E-state index is 13.8. The average Bonchev–Trinajstić information content (AvgIpc) is 2.35. The van der Waals surface area contributed by atoms with E-state index in [9.17, 15) is 18.9 Å². The highest BCUT2D eigenvalue weighted by Crippen LogP contribution is 2.28. The third-order valence-electron chi connectivity index (χ3n) is 2.63. The van der Waals surface area contributed by atoms with Gasteiger partial charge in [-0.15, -0.1) is 0 Å². The van der Waals surface area contributed by atoms with E-state index in [2.05, 4.69) is 0 Å². The van der Waals surface area contributed by atoms with E-state index in [1.54, 1.807) is 13.8 Å². The largest absolute Gasteiger partial charge is 0.366 e. The molecule has 0 heterocycles. The lowest BCUT2D eigenvalue weighted by Gasteiger charge is -2.24. The van der Waals surface area contributed by atoms with Crippen LogP contribution in [0.4, 0.5) is 20.2 Å². The van der Waals surface area contributed by atoms with Crippen LogP contribution in [0, 0.1) is 39.0 Å². The molecule has 7 heteroatoms. The van der Waals surface area contributed by atoms with Crippen LogP contribution in [0.15, 0.2) is 12.1 Å². The minimum atomic E-state index is -1.00. The number of non-ortho nitro benzene ring substituents is 1. The van der Waals surface area contributed by atoms with Crippen molar-refractivity contribution >= 4 is 11.4 Å². The van der Waals surface area contributed by atoms with Gasteiger partial charge in [0.15, 0.2) is 11.6 Å². The Morgan fingerprint density at radius 1 is 1.47 bits per heavy atom. The first-order valence-electron chi connectivity index (χ1n) is 5.68. The lowest BCUT2D eigenvalue weighted by Crippen LogP contribution is -2.29. The molecule has 0 aliphatic carbocycles. The van der Waals surface area contributed by atoms with E-state index >= 15 is 0 Å². The van der Waals surface area contributed by atoms with Crippen molar-refractivity contribution in [2.24, 2.45) is 5.92 Å². The normalized spacial score (nSPS) is 11.7. The van der Waals surface area contributed by atoms with Crippen LogP contribution in [0.3, 0.4) is 0 Å². The predicted octanol–water partition coefficient (Wildman–Crippen LogP) is 2.86. The molecule has 0 amide bonds. The summed E-state index contributed by atoms with van der Waals surface area (Å²) in [4.78, 5) is 11.0. The Kier molecular flexibility index (Phi) is 4.75. The number of hydrogen-bond donors (Lipinski definition) is 0. The highest BCUT2D eigenvalue weighted by atomic mass is 19.1.